The van der Waals surface area contributed by atoms with Gasteiger partial charge >= 0.3 is 0 Å². The highest BCUT2D eigenvalue weighted by Gasteiger charge is 2.00. The molecule has 2 heteroatoms. The number of hydrogen-bond donors (Lipinski definition) is 0. The first-order chi connectivity index (χ1) is 11.5. The second-order valence-electron chi connectivity index (χ2n) is 6.47. The van der Waals surface area contributed by atoms with Gasteiger partial charge in [0.1, 0.15) is 5.75 Å². The third-order valence-corrected chi connectivity index (χ3v) is 3.80. The van der Waals surface area contributed by atoms with Gasteiger partial charge in [0.15, 0.2) is 5.78 Å². The number of benzene rings is 2. The molecule has 2 rings (SSSR count). The SMILES string of the molecule is CC(=O)C=Cc1ccc(-c2ccc(OCCCC(C)C)cc2)cc1. The normalized spacial score (nSPS) is 11.2. The molecular formula is C22H26O2. The number of carbonyl (C=O) groups is 1. The van der Waals surface area contributed by atoms with E-state index in [0.717, 1.165) is 41.4 Å². The molecule has 126 valence electrons. The summed E-state index contributed by atoms with van der Waals surface area (Å²) < 4.78 is 5.78. The lowest BCUT2D eigenvalue weighted by Crippen LogP contribution is -1.99. The zero-order valence-corrected chi connectivity index (χ0v) is 14.8. The Kier molecular flexibility index (Phi) is 6.80. The Balaban J connectivity index is 1.94. The van der Waals surface area contributed by atoms with Gasteiger partial charge in [-0.3, -0.25) is 4.79 Å². The molecule has 2 nitrogen and oxygen atoms in total. The fourth-order valence-corrected chi connectivity index (χ4v) is 2.43. The van der Waals surface area contributed by atoms with E-state index in [0.29, 0.717) is 0 Å². The van der Waals surface area contributed by atoms with Crippen LogP contribution in [0.5, 0.6) is 5.75 Å². The van der Waals surface area contributed by atoms with E-state index in [-0.39, 0.29) is 5.78 Å². The Hall–Kier alpha value is -2.35. The number of carbonyl (C=O) groups excluding carboxylic acids is 1. The summed E-state index contributed by atoms with van der Waals surface area (Å²) in [6.45, 7) is 6.79. The molecule has 0 heterocycles. The summed E-state index contributed by atoms with van der Waals surface area (Å²) >= 11 is 0. The fourth-order valence-electron chi connectivity index (χ4n) is 2.43. The molecule has 0 aliphatic rings. The predicted octanol–water partition coefficient (Wildman–Crippen LogP) is 5.77. The molecule has 0 aromatic heterocycles. The van der Waals surface area contributed by atoms with Crippen LogP contribution in [0.4, 0.5) is 0 Å². The highest BCUT2D eigenvalue weighted by Crippen LogP contribution is 2.23. The first-order valence-electron chi connectivity index (χ1n) is 8.56. The topological polar surface area (TPSA) is 26.3 Å². The molecule has 0 aliphatic carbocycles. The van der Waals surface area contributed by atoms with E-state index in [1.165, 1.54) is 6.42 Å². The summed E-state index contributed by atoms with van der Waals surface area (Å²) in [6, 6.07) is 16.4. The molecule has 0 saturated carbocycles. The summed E-state index contributed by atoms with van der Waals surface area (Å²) in [6.07, 6.45) is 5.71. The first kappa shape index (κ1) is 18.0. The molecule has 0 fully saturated rings. The van der Waals surface area contributed by atoms with Crippen LogP contribution in [0.3, 0.4) is 0 Å². The Labute approximate surface area is 145 Å². The van der Waals surface area contributed by atoms with E-state index in [1.807, 2.05) is 30.3 Å². The smallest absolute Gasteiger partial charge is 0.152 e. The largest absolute Gasteiger partial charge is 0.494 e. The van der Waals surface area contributed by atoms with Gasteiger partial charge in [-0.25, -0.2) is 0 Å². The number of ketones is 1. The molecule has 0 unspecified atom stereocenters. The van der Waals surface area contributed by atoms with Gasteiger partial charge in [-0.15, -0.1) is 0 Å². The fraction of sp³-hybridized carbons (Fsp3) is 0.318. The Morgan fingerprint density at radius 1 is 1.00 bits per heavy atom. The summed E-state index contributed by atoms with van der Waals surface area (Å²) in [7, 11) is 0. The van der Waals surface area contributed by atoms with Crippen molar-refractivity contribution in [3.8, 4) is 16.9 Å². The van der Waals surface area contributed by atoms with Crippen LogP contribution in [0.2, 0.25) is 0 Å². The predicted molar refractivity (Wildman–Crippen MR) is 101 cm³/mol. The van der Waals surface area contributed by atoms with Gasteiger partial charge in [0.05, 0.1) is 6.61 Å². The van der Waals surface area contributed by atoms with Crippen molar-refractivity contribution >= 4 is 11.9 Å². The average Bonchev–Trinajstić information content (AvgIpc) is 2.58. The zero-order chi connectivity index (χ0) is 17.4. The molecule has 0 saturated heterocycles. The van der Waals surface area contributed by atoms with Crippen LogP contribution in [0.25, 0.3) is 17.2 Å². The van der Waals surface area contributed by atoms with Crippen molar-refractivity contribution in [3.05, 3.63) is 60.2 Å². The summed E-state index contributed by atoms with van der Waals surface area (Å²) in [5, 5.41) is 0. The van der Waals surface area contributed by atoms with Crippen molar-refractivity contribution in [2.24, 2.45) is 5.92 Å². The van der Waals surface area contributed by atoms with Gasteiger partial charge in [-0.2, -0.15) is 0 Å². The maximum absolute atomic E-state index is 11.0. The van der Waals surface area contributed by atoms with Crippen LogP contribution in [0.15, 0.2) is 54.6 Å². The van der Waals surface area contributed by atoms with Crippen molar-refractivity contribution in [1.82, 2.24) is 0 Å². The molecule has 2 aromatic rings. The number of ether oxygens (including phenoxy) is 1. The molecular weight excluding hydrogens is 296 g/mol. The summed E-state index contributed by atoms with van der Waals surface area (Å²) in [4.78, 5) is 11.0. The standard InChI is InChI=1S/C22H26O2/c1-17(2)5-4-16-24-22-14-12-21(13-15-22)20-10-8-19(9-11-20)7-6-18(3)23/h6-15,17H,4-5,16H2,1-3H3. The summed E-state index contributed by atoms with van der Waals surface area (Å²) in [5.74, 6) is 1.70. The van der Waals surface area contributed by atoms with Gasteiger partial charge in [0.2, 0.25) is 0 Å². The van der Waals surface area contributed by atoms with E-state index in [4.69, 9.17) is 4.74 Å². The third-order valence-electron chi connectivity index (χ3n) is 3.80. The lowest BCUT2D eigenvalue weighted by Gasteiger charge is -2.09. The van der Waals surface area contributed by atoms with E-state index < -0.39 is 0 Å². The molecule has 0 aliphatic heterocycles. The minimum Gasteiger partial charge on any atom is -0.494 e. The van der Waals surface area contributed by atoms with Crippen LogP contribution in [-0.2, 0) is 4.79 Å². The minimum atomic E-state index is 0.0584. The van der Waals surface area contributed by atoms with Crippen LogP contribution in [0, 0.1) is 5.92 Å². The highest BCUT2D eigenvalue weighted by atomic mass is 16.5. The van der Waals surface area contributed by atoms with Crippen molar-refractivity contribution in [2.75, 3.05) is 6.61 Å². The molecule has 24 heavy (non-hydrogen) atoms. The highest BCUT2D eigenvalue weighted by molar-refractivity contribution is 5.91. The number of allylic oxidation sites excluding steroid dienone is 1. The average molecular weight is 322 g/mol. The van der Waals surface area contributed by atoms with Crippen molar-refractivity contribution in [3.63, 3.8) is 0 Å². The van der Waals surface area contributed by atoms with Gasteiger partial charge in [-0.1, -0.05) is 56.3 Å². The van der Waals surface area contributed by atoms with Crippen LogP contribution < -0.4 is 4.74 Å². The Morgan fingerprint density at radius 3 is 2.12 bits per heavy atom. The van der Waals surface area contributed by atoms with E-state index in [1.54, 1.807) is 13.0 Å². The molecule has 0 N–H and O–H groups in total. The molecule has 0 spiro atoms. The molecule has 0 atom stereocenters. The van der Waals surface area contributed by atoms with E-state index in [9.17, 15) is 4.79 Å². The first-order valence-corrected chi connectivity index (χ1v) is 8.56. The second kappa shape index (κ2) is 9.07. The number of hydrogen-bond acceptors (Lipinski definition) is 2. The van der Waals surface area contributed by atoms with Crippen molar-refractivity contribution < 1.29 is 9.53 Å². The Morgan fingerprint density at radius 2 is 1.58 bits per heavy atom. The van der Waals surface area contributed by atoms with Gasteiger partial charge < -0.3 is 4.74 Å². The van der Waals surface area contributed by atoms with Gasteiger partial charge in [-0.05, 0) is 60.6 Å². The molecule has 2 aromatic carbocycles. The zero-order valence-electron chi connectivity index (χ0n) is 14.8. The third kappa shape index (κ3) is 6.04. The summed E-state index contributed by atoms with van der Waals surface area (Å²) in [5.41, 5.74) is 3.34. The van der Waals surface area contributed by atoms with Gasteiger partial charge in [0, 0.05) is 0 Å². The lowest BCUT2D eigenvalue weighted by atomic mass is 10.0. The Bertz CT molecular complexity index is 664. The second-order valence-corrected chi connectivity index (χ2v) is 6.47. The number of rotatable bonds is 8. The van der Waals surface area contributed by atoms with Crippen LogP contribution >= 0.6 is 0 Å². The van der Waals surface area contributed by atoms with Crippen LogP contribution in [-0.4, -0.2) is 12.4 Å². The van der Waals surface area contributed by atoms with E-state index in [2.05, 4.69) is 38.1 Å². The molecule has 0 bridgehead atoms. The monoisotopic (exact) mass is 322 g/mol. The maximum atomic E-state index is 11.0. The molecule has 0 radical (unpaired) electrons. The van der Waals surface area contributed by atoms with Crippen LogP contribution in [0.1, 0.15) is 39.2 Å². The quantitative estimate of drug-likeness (QED) is 0.455. The maximum Gasteiger partial charge on any atom is 0.152 e. The molecule has 0 amide bonds. The van der Waals surface area contributed by atoms with Crippen molar-refractivity contribution in [1.29, 1.82) is 0 Å². The minimum absolute atomic E-state index is 0.0584. The van der Waals surface area contributed by atoms with E-state index >= 15 is 0 Å². The lowest BCUT2D eigenvalue weighted by molar-refractivity contribution is -0.112. The van der Waals surface area contributed by atoms with Crippen molar-refractivity contribution in [2.45, 2.75) is 33.6 Å². The van der Waals surface area contributed by atoms with Gasteiger partial charge in [0.25, 0.3) is 0 Å².